The minimum Gasteiger partial charge on any atom is -0.493 e. The molecule has 9 heteroatoms. The lowest BCUT2D eigenvalue weighted by molar-refractivity contribution is -0.384. The fraction of sp³-hybridized carbons (Fsp3) is 0.167. The van der Waals surface area contributed by atoms with Crippen LogP contribution in [0, 0.1) is 10.1 Å². The number of rotatable bonds is 7. The highest BCUT2D eigenvalue weighted by Crippen LogP contribution is 2.46. The standard InChI is InChI=1S/C24H19NO8/c1-30-19-9-5-8-18(20(19)31-2)22(21-16-6-3-4-7-17(16)24(27)33-21)32-23(26)14-10-12-15(13-11-14)25(28)29/h3-13,21-22H,1-2H3/t21-,22+/m1/s1. The Morgan fingerprint density at radius 1 is 1.00 bits per heavy atom. The van der Waals surface area contributed by atoms with E-state index in [0.29, 0.717) is 28.2 Å². The van der Waals surface area contributed by atoms with Gasteiger partial charge in [0.2, 0.25) is 0 Å². The van der Waals surface area contributed by atoms with Gasteiger partial charge in [-0.15, -0.1) is 0 Å². The zero-order chi connectivity index (χ0) is 23.5. The first-order chi connectivity index (χ1) is 15.9. The molecular formula is C24H19NO8. The van der Waals surface area contributed by atoms with Crippen molar-refractivity contribution < 1.29 is 33.5 Å². The predicted molar refractivity (Wildman–Crippen MR) is 115 cm³/mol. The molecular weight excluding hydrogens is 430 g/mol. The summed E-state index contributed by atoms with van der Waals surface area (Å²) in [7, 11) is 2.93. The van der Waals surface area contributed by atoms with E-state index in [1.165, 1.54) is 38.5 Å². The summed E-state index contributed by atoms with van der Waals surface area (Å²) in [6.45, 7) is 0. The van der Waals surface area contributed by atoms with Gasteiger partial charge in [0.05, 0.1) is 30.3 Å². The number of hydrogen-bond acceptors (Lipinski definition) is 8. The summed E-state index contributed by atoms with van der Waals surface area (Å²) in [5.41, 5.74) is 1.32. The van der Waals surface area contributed by atoms with Gasteiger partial charge in [0, 0.05) is 23.3 Å². The van der Waals surface area contributed by atoms with E-state index in [2.05, 4.69) is 0 Å². The van der Waals surface area contributed by atoms with Gasteiger partial charge < -0.3 is 18.9 Å². The Morgan fingerprint density at radius 2 is 1.73 bits per heavy atom. The van der Waals surface area contributed by atoms with Crippen molar-refractivity contribution in [2.45, 2.75) is 12.2 Å². The lowest BCUT2D eigenvalue weighted by Crippen LogP contribution is -2.20. The summed E-state index contributed by atoms with van der Waals surface area (Å²) in [6.07, 6.45) is -2.01. The van der Waals surface area contributed by atoms with E-state index >= 15 is 0 Å². The molecule has 1 heterocycles. The summed E-state index contributed by atoms with van der Waals surface area (Å²) < 4.78 is 22.3. The summed E-state index contributed by atoms with van der Waals surface area (Å²) >= 11 is 0. The number of para-hydroxylation sites is 1. The highest BCUT2D eigenvalue weighted by molar-refractivity contribution is 5.94. The number of methoxy groups -OCH3 is 2. The average molecular weight is 449 g/mol. The van der Waals surface area contributed by atoms with Crippen LogP contribution in [-0.4, -0.2) is 31.1 Å². The number of hydrogen-bond donors (Lipinski definition) is 0. The van der Waals surface area contributed by atoms with E-state index in [0.717, 1.165) is 0 Å². The molecule has 0 spiro atoms. The van der Waals surface area contributed by atoms with Gasteiger partial charge in [-0.1, -0.05) is 30.3 Å². The highest BCUT2D eigenvalue weighted by atomic mass is 16.6. The number of non-ortho nitro benzene ring substituents is 1. The van der Waals surface area contributed by atoms with Crippen LogP contribution in [0.15, 0.2) is 66.7 Å². The summed E-state index contributed by atoms with van der Waals surface area (Å²) in [5, 5.41) is 10.9. The Labute approximate surface area is 188 Å². The van der Waals surface area contributed by atoms with Gasteiger partial charge in [-0.25, -0.2) is 9.59 Å². The van der Waals surface area contributed by atoms with Crippen molar-refractivity contribution in [2.24, 2.45) is 0 Å². The summed E-state index contributed by atoms with van der Waals surface area (Å²) in [5.74, 6) is -0.556. The number of cyclic esters (lactones) is 1. The Morgan fingerprint density at radius 3 is 2.39 bits per heavy atom. The lowest BCUT2D eigenvalue weighted by atomic mass is 9.95. The predicted octanol–water partition coefficient (Wildman–Crippen LogP) is 4.42. The van der Waals surface area contributed by atoms with Crippen LogP contribution >= 0.6 is 0 Å². The Balaban J connectivity index is 1.77. The van der Waals surface area contributed by atoms with E-state index in [1.54, 1.807) is 42.5 Å². The van der Waals surface area contributed by atoms with Crippen molar-refractivity contribution in [1.82, 2.24) is 0 Å². The molecule has 0 unspecified atom stereocenters. The van der Waals surface area contributed by atoms with E-state index in [9.17, 15) is 19.7 Å². The summed E-state index contributed by atoms with van der Waals surface area (Å²) in [4.78, 5) is 35.8. The van der Waals surface area contributed by atoms with Gasteiger partial charge in [-0.2, -0.15) is 0 Å². The number of carbonyl (C=O) groups is 2. The molecule has 0 radical (unpaired) electrons. The van der Waals surface area contributed by atoms with Gasteiger partial charge in [-0.3, -0.25) is 10.1 Å². The number of fused-ring (bicyclic) bond motifs is 1. The van der Waals surface area contributed by atoms with Crippen molar-refractivity contribution in [2.75, 3.05) is 14.2 Å². The van der Waals surface area contributed by atoms with Crippen molar-refractivity contribution in [1.29, 1.82) is 0 Å². The fourth-order valence-corrected chi connectivity index (χ4v) is 3.73. The van der Waals surface area contributed by atoms with Crippen molar-refractivity contribution in [3.8, 4) is 11.5 Å². The molecule has 3 aromatic rings. The molecule has 1 aliphatic rings. The Kier molecular flexibility index (Phi) is 5.95. The maximum atomic E-state index is 13.0. The topological polar surface area (TPSA) is 114 Å². The number of carbonyl (C=O) groups excluding carboxylic acids is 2. The molecule has 0 fully saturated rings. The minimum absolute atomic E-state index is 0.102. The number of nitro benzene ring substituents is 1. The molecule has 168 valence electrons. The lowest BCUT2D eigenvalue weighted by Gasteiger charge is -2.26. The van der Waals surface area contributed by atoms with Crippen LogP contribution in [0.4, 0.5) is 5.69 Å². The second-order valence-corrected chi connectivity index (χ2v) is 7.13. The summed E-state index contributed by atoms with van der Waals surface area (Å²) in [6, 6.07) is 16.9. The molecule has 0 amide bonds. The van der Waals surface area contributed by atoms with Crippen LogP contribution in [0.2, 0.25) is 0 Å². The second-order valence-electron chi connectivity index (χ2n) is 7.13. The normalized spacial score (nSPS) is 15.2. The number of esters is 2. The molecule has 0 saturated heterocycles. The zero-order valence-corrected chi connectivity index (χ0v) is 17.7. The van der Waals surface area contributed by atoms with E-state index in [4.69, 9.17) is 18.9 Å². The first-order valence-electron chi connectivity index (χ1n) is 9.90. The van der Waals surface area contributed by atoms with Crippen LogP contribution < -0.4 is 9.47 Å². The molecule has 0 aromatic heterocycles. The molecule has 2 atom stereocenters. The maximum absolute atomic E-state index is 13.0. The number of ether oxygens (including phenoxy) is 4. The first-order valence-corrected chi connectivity index (χ1v) is 9.90. The molecule has 0 N–H and O–H groups in total. The monoisotopic (exact) mass is 449 g/mol. The number of benzene rings is 3. The molecule has 0 saturated carbocycles. The number of nitro groups is 1. The molecule has 0 aliphatic carbocycles. The van der Waals surface area contributed by atoms with E-state index < -0.39 is 29.1 Å². The fourth-order valence-electron chi connectivity index (χ4n) is 3.73. The largest absolute Gasteiger partial charge is 0.493 e. The third-order valence-electron chi connectivity index (χ3n) is 5.28. The maximum Gasteiger partial charge on any atom is 0.339 e. The Hall–Kier alpha value is -4.40. The van der Waals surface area contributed by atoms with E-state index in [-0.39, 0.29) is 11.3 Å². The Bertz CT molecular complexity index is 1220. The average Bonchev–Trinajstić information content (AvgIpc) is 3.18. The van der Waals surface area contributed by atoms with Crippen LogP contribution in [0.25, 0.3) is 0 Å². The van der Waals surface area contributed by atoms with Crippen molar-refractivity contribution >= 4 is 17.6 Å². The molecule has 0 bridgehead atoms. The van der Waals surface area contributed by atoms with Gasteiger partial charge in [-0.05, 0) is 24.3 Å². The molecule has 4 rings (SSSR count). The van der Waals surface area contributed by atoms with Crippen LogP contribution in [0.5, 0.6) is 11.5 Å². The first kappa shape index (κ1) is 21.8. The third kappa shape index (κ3) is 4.08. The minimum atomic E-state index is -1.08. The molecule has 33 heavy (non-hydrogen) atoms. The van der Waals surface area contributed by atoms with Crippen LogP contribution in [0.3, 0.4) is 0 Å². The number of nitrogens with zero attached hydrogens (tertiary/aromatic N) is 1. The van der Waals surface area contributed by atoms with Gasteiger partial charge >= 0.3 is 11.9 Å². The highest BCUT2D eigenvalue weighted by Gasteiger charge is 2.41. The molecule has 3 aromatic carbocycles. The van der Waals surface area contributed by atoms with Gasteiger partial charge in [0.25, 0.3) is 5.69 Å². The SMILES string of the molecule is COc1cccc([C@H](OC(=O)c2ccc([N+](=O)[O-])cc2)[C@@H]2OC(=O)c3ccccc32)c1OC. The quantitative estimate of drug-likeness (QED) is 0.296. The van der Waals surface area contributed by atoms with E-state index in [1.807, 2.05) is 0 Å². The van der Waals surface area contributed by atoms with Gasteiger partial charge in [0.1, 0.15) is 0 Å². The smallest absolute Gasteiger partial charge is 0.339 e. The molecule has 1 aliphatic heterocycles. The van der Waals surface area contributed by atoms with Crippen molar-refractivity contribution in [3.63, 3.8) is 0 Å². The zero-order valence-electron chi connectivity index (χ0n) is 17.7. The van der Waals surface area contributed by atoms with Gasteiger partial charge in [0.15, 0.2) is 23.7 Å². The second kappa shape index (κ2) is 8.99. The van der Waals surface area contributed by atoms with Crippen LogP contribution in [-0.2, 0) is 9.47 Å². The molecule has 9 nitrogen and oxygen atoms in total. The van der Waals surface area contributed by atoms with Crippen LogP contribution in [0.1, 0.15) is 44.1 Å². The third-order valence-corrected chi connectivity index (χ3v) is 5.28. The van der Waals surface area contributed by atoms with Crippen molar-refractivity contribution in [3.05, 3.63) is 99.1 Å².